The fourth-order valence-corrected chi connectivity index (χ4v) is 2.24. The van der Waals surface area contributed by atoms with Gasteiger partial charge in [-0.2, -0.15) is 0 Å². The minimum Gasteiger partial charge on any atom is -0.291 e. The smallest absolute Gasteiger partial charge is 0.196 e. The first-order valence-corrected chi connectivity index (χ1v) is 6.13. The highest BCUT2D eigenvalue weighted by Gasteiger charge is 2.09. The average Bonchev–Trinajstić information content (AvgIpc) is 2.78. The molecule has 0 atom stereocenters. The number of hydrogen-bond acceptors (Lipinski definition) is 4. The molecule has 0 saturated carbocycles. The van der Waals surface area contributed by atoms with Crippen molar-refractivity contribution in [2.75, 3.05) is 5.88 Å². The summed E-state index contributed by atoms with van der Waals surface area (Å²) in [6, 6.07) is 3.87. The summed E-state index contributed by atoms with van der Waals surface area (Å²) in [5.74, 6) is -0.147. The van der Waals surface area contributed by atoms with Crippen LogP contribution in [-0.4, -0.2) is 21.6 Å². The molecule has 2 rings (SSSR count). The van der Waals surface area contributed by atoms with Gasteiger partial charge in [0.05, 0.1) is 10.9 Å². The second-order valence-corrected chi connectivity index (χ2v) is 4.43. The summed E-state index contributed by atoms with van der Waals surface area (Å²) in [6.45, 7) is 0. The zero-order valence-corrected chi connectivity index (χ0v) is 9.96. The van der Waals surface area contributed by atoms with Gasteiger partial charge in [-0.15, -0.1) is 22.9 Å². The number of Topliss-reactive ketones (excluding diaryl/α,β-unsaturated/α-hetero) is 1. The summed E-state index contributed by atoms with van der Waals surface area (Å²) in [4.78, 5) is 19.5. The molecule has 0 aliphatic rings. The summed E-state index contributed by atoms with van der Waals surface area (Å²) in [5.41, 5.74) is 1.54. The van der Waals surface area contributed by atoms with Crippen LogP contribution in [0.2, 0.25) is 0 Å². The van der Waals surface area contributed by atoms with E-state index in [1.165, 1.54) is 11.3 Å². The number of hydrogen-bond donors (Lipinski definition) is 0. The maximum Gasteiger partial charge on any atom is 0.196 e. The lowest BCUT2D eigenvalue weighted by Crippen LogP contribution is -2.00. The molecule has 3 nitrogen and oxygen atoms in total. The number of nitrogens with zero attached hydrogens (tertiary/aromatic N) is 2. The zero-order chi connectivity index (χ0) is 11.4. The molecule has 0 fully saturated rings. The van der Waals surface area contributed by atoms with Gasteiger partial charge in [-0.3, -0.25) is 9.78 Å². The lowest BCUT2D eigenvalue weighted by atomic mass is 10.2. The lowest BCUT2D eigenvalue weighted by Gasteiger charge is -1.95. The van der Waals surface area contributed by atoms with Crippen LogP contribution < -0.4 is 0 Å². The van der Waals surface area contributed by atoms with Crippen LogP contribution in [0.1, 0.15) is 21.1 Å². The Labute approximate surface area is 102 Å². The van der Waals surface area contributed by atoms with Gasteiger partial charge in [0, 0.05) is 24.2 Å². The summed E-state index contributed by atoms with van der Waals surface area (Å²) in [6.07, 6.45) is 4.23. The average molecular weight is 253 g/mol. The molecular formula is C11H9ClN2OS. The highest BCUT2D eigenvalue weighted by Crippen LogP contribution is 2.14. The number of carbonyl (C=O) groups is 1. The standard InChI is InChI=1S/C11H9ClN2OS/c12-5-10(15)9-7-16-11(14-9)4-8-2-1-3-13-6-8/h1-3,6-7H,4-5H2. The first-order valence-electron chi connectivity index (χ1n) is 4.72. The molecule has 0 aliphatic carbocycles. The number of thiazole rings is 1. The topological polar surface area (TPSA) is 42.9 Å². The van der Waals surface area contributed by atoms with E-state index in [0.717, 1.165) is 10.6 Å². The molecule has 0 unspecified atom stereocenters. The molecule has 2 heterocycles. The molecule has 2 aromatic heterocycles. The first-order chi connectivity index (χ1) is 7.79. The molecular weight excluding hydrogens is 244 g/mol. The van der Waals surface area contributed by atoms with Gasteiger partial charge in [0.2, 0.25) is 0 Å². The van der Waals surface area contributed by atoms with Crippen molar-refractivity contribution in [2.45, 2.75) is 6.42 Å². The summed E-state index contributed by atoms with van der Waals surface area (Å²) >= 11 is 6.93. The van der Waals surface area contributed by atoms with Crippen molar-refractivity contribution >= 4 is 28.7 Å². The van der Waals surface area contributed by atoms with Crippen LogP contribution in [0, 0.1) is 0 Å². The summed E-state index contributed by atoms with van der Waals surface area (Å²) in [7, 11) is 0. The van der Waals surface area contributed by atoms with E-state index in [9.17, 15) is 4.79 Å². The van der Waals surface area contributed by atoms with E-state index < -0.39 is 0 Å². The third-order valence-corrected chi connectivity index (χ3v) is 3.13. The Kier molecular flexibility index (Phi) is 3.64. The van der Waals surface area contributed by atoms with Crippen molar-refractivity contribution in [3.05, 3.63) is 46.2 Å². The maximum absolute atomic E-state index is 11.3. The Morgan fingerprint density at radius 2 is 2.38 bits per heavy atom. The predicted octanol–water partition coefficient (Wildman–Crippen LogP) is 2.55. The number of alkyl halides is 1. The van der Waals surface area contributed by atoms with Crippen LogP contribution in [0.4, 0.5) is 0 Å². The Balaban J connectivity index is 2.12. The fourth-order valence-electron chi connectivity index (χ4n) is 1.27. The highest BCUT2D eigenvalue weighted by molar-refractivity contribution is 7.09. The molecule has 0 aliphatic heterocycles. The van der Waals surface area contributed by atoms with Crippen LogP contribution >= 0.6 is 22.9 Å². The number of rotatable bonds is 4. The molecule has 16 heavy (non-hydrogen) atoms. The van der Waals surface area contributed by atoms with E-state index in [0.29, 0.717) is 12.1 Å². The van der Waals surface area contributed by atoms with E-state index in [-0.39, 0.29) is 11.7 Å². The molecule has 0 radical (unpaired) electrons. The Morgan fingerprint density at radius 1 is 1.50 bits per heavy atom. The normalized spacial score (nSPS) is 10.3. The van der Waals surface area contributed by atoms with Crippen LogP contribution in [0.25, 0.3) is 0 Å². The monoisotopic (exact) mass is 252 g/mol. The van der Waals surface area contributed by atoms with Gasteiger partial charge in [-0.05, 0) is 11.6 Å². The lowest BCUT2D eigenvalue weighted by molar-refractivity contribution is 0.101. The van der Waals surface area contributed by atoms with Gasteiger partial charge in [0.1, 0.15) is 5.69 Å². The third kappa shape index (κ3) is 2.65. The second kappa shape index (κ2) is 5.18. The van der Waals surface area contributed by atoms with Crippen molar-refractivity contribution in [1.29, 1.82) is 0 Å². The quantitative estimate of drug-likeness (QED) is 0.620. The molecule has 0 spiro atoms. The van der Waals surface area contributed by atoms with Crippen LogP contribution in [0.3, 0.4) is 0 Å². The minimum atomic E-state index is -0.129. The van der Waals surface area contributed by atoms with Gasteiger partial charge in [0.15, 0.2) is 5.78 Å². The van der Waals surface area contributed by atoms with E-state index in [2.05, 4.69) is 9.97 Å². The van der Waals surface area contributed by atoms with E-state index >= 15 is 0 Å². The van der Waals surface area contributed by atoms with Gasteiger partial charge in [0.25, 0.3) is 0 Å². The van der Waals surface area contributed by atoms with Crippen LogP contribution in [0.5, 0.6) is 0 Å². The molecule has 2 aromatic rings. The molecule has 0 N–H and O–H groups in total. The van der Waals surface area contributed by atoms with Crippen LogP contribution in [0.15, 0.2) is 29.9 Å². The van der Waals surface area contributed by atoms with E-state index in [4.69, 9.17) is 11.6 Å². The first kappa shape index (κ1) is 11.2. The summed E-state index contributed by atoms with van der Waals surface area (Å²) in [5, 5.41) is 2.65. The predicted molar refractivity (Wildman–Crippen MR) is 64.2 cm³/mol. The second-order valence-electron chi connectivity index (χ2n) is 3.22. The fraction of sp³-hybridized carbons (Fsp3) is 0.182. The molecule has 0 aromatic carbocycles. The van der Waals surface area contributed by atoms with Crippen molar-refractivity contribution in [3.63, 3.8) is 0 Å². The Morgan fingerprint density at radius 3 is 3.06 bits per heavy atom. The molecule has 0 saturated heterocycles. The number of carbonyl (C=O) groups excluding carboxylic acids is 1. The van der Waals surface area contributed by atoms with Crippen molar-refractivity contribution in [3.8, 4) is 0 Å². The van der Waals surface area contributed by atoms with Crippen molar-refractivity contribution in [2.24, 2.45) is 0 Å². The maximum atomic E-state index is 11.3. The van der Waals surface area contributed by atoms with E-state index in [1.54, 1.807) is 17.8 Å². The number of halogens is 1. The number of ketones is 1. The molecule has 82 valence electrons. The van der Waals surface area contributed by atoms with Gasteiger partial charge in [-0.25, -0.2) is 4.98 Å². The van der Waals surface area contributed by atoms with Crippen molar-refractivity contribution in [1.82, 2.24) is 9.97 Å². The summed E-state index contributed by atoms with van der Waals surface area (Å²) < 4.78 is 0. The Bertz CT molecular complexity index is 484. The number of aromatic nitrogens is 2. The molecule has 0 bridgehead atoms. The Hall–Kier alpha value is -1.26. The molecule has 0 amide bonds. The van der Waals surface area contributed by atoms with E-state index in [1.807, 2.05) is 12.1 Å². The highest BCUT2D eigenvalue weighted by atomic mass is 35.5. The SMILES string of the molecule is O=C(CCl)c1csc(Cc2cccnc2)n1. The zero-order valence-electron chi connectivity index (χ0n) is 8.39. The van der Waals surface area contributed by atoms with Gasteiger partial charge >= 0.3 is 0 Å². The number of pyridine rings is 1. The largest absolute Gasteiger partial charge is 0.291 e. The van der Waals surface area contributed by atoms with Crippen molar-refractivity contribution < 1.29 is 4.79 Å². The van der Waals surface area contributed by atoms with Gasteiger partial charge < -0.3 is 0 Å². The minimum absolute atomic E-state index is 0.0178. The van der Waals surface area contributed by atoms with Gasteiger partial charge in [-0.1, -0.05) is 6.07 Å². The molecule has 5 heteroatoms. The van der Waals surface area contributed by atoms with Crippen LogP contribution in [-0.2, 0) is 6.42 Å². The third-order valence-electron chi connectivity index (χ3n) is 2.04.